The first kappa shape index (κ1) is 10.4. The summed E-state index contributed by atoms with van der Waals surface area (Å²) >= 11 is 7.66. The van der Waals surface area contributed by atoms with Gasteiger partial charge in [0.2, 0.25) is 0 Å². The van der Waals surface area contributed by atoms with Crippen LogP contribution in [0.4, 0.5) is 0 Å². The number of hydrogen-bond donors (Lipinski definition) is 1. The van der Waals surface area contributed by atoms with Gasteiger partial charge in [-0.1, -0.05) is 11.6 Å². The SMILES string of the molecule is Clc1ccsc1-c1ccc(CNC2CC2)o1. The standard InChI is InChI=1S/C12H12ClNOS/c13-10-5-6-16-12(10)11-4-3-9(15-11)7-14-8-1-2-8/h3-6,8,14H,1-2,7H2. The van der Waals surface area contributed by atoms with Crippen molar-refractivity contribution in [3.63, 3.8) is 0 Å². The molecule has 0 aliphatic heterocycles. The van der Waals surface area contributed by atoms with Crippen molar-refractivity contribution in [1.29, 1.82) is 0 Å². The molecule has 0 saturated heterocycles. The lowest BCUT2D eigenvalue weighted by atomic mass is 10.3. The highest BCUT2D eigenvalue weighted by Gasteiger charge is 2.20. The zero-order chi connectivity index (χ0) is 11.0. The number of halogens is 1. The molecule has 2 nitrogen and oxygen atoms in total. The second kappa shape index (κ2) is 4.24. The Hall–Kier alpha value is -0.770. The van der Waals surface area contributed by atoms with Crippen molar-refractivity contribution in [3.05, 3.63) is 34.4 Å². The summed E-state index contributed by atoms with van der Waals surface area (Å²) in [4.78, 5) is 1.01. The smallest absolute Gasteiger partial charge is 0.145 e. The van der Waals surface area contributed by atoms with Crippen LogP contribution in [-0.2, 0) is 6.54 Å². The van der Waals surface area contributed by atoms with Crippen LogP contribution in [-0.4, -0.2) is 6.04 Å². The van der Waals surface area contributed by atoms with Gasteiger partial charge in [-0.3, -0.25) is 0 Å². The van der Waals surface area contributed by atoms with E-state index in [4.69, 9.17) is 16.0 Å². The molecule has 16 heavy (non-hydrogen) atoms. The number of furan rings is 1. The van der Waals surface area contributed by atoms with Crippen molar-refractivity contribution in [2.45, 2.75) is 25.4 Å². The molecule has 84 valence electrons. The minimum absolute atomic E-state index is 0.707. The second-order valence-electron chi connectivity index (χ2n) is 4.02. The molecule has 2 heterocycles. The fourth-order valence-corrected chi connectivity index (χ4v) is 2.71. The third-order valence-electron chi connectivity index (χ3n) is 2.64. The Labute approximate surface area is 103 Å². The first-order chi connectivity index (χ1) is 7.83. The Morgan fingerprint density at radius 3 is 2.94 bits per heavy atom. The van der Waals surface area contributed by atoms with Crippen LogP contribution in [0.1, 0.15) is 18.6 Å². The van der Waals surface area contributed by atoms with Crippen molar-refractivity contribution in [2.75, 3.05) is 0 Å². The minimum Gasteiger partial charge on any atom is -0.459 e. The lowest BCUT2D eigenvalue weighted by Gasteiger charge is -1.98. The van der Waals surface area contributed by atoms with Gasteiger partial charge in [0.25, 0.3) is 0 Å². The van der Waals surface area contributed by atoms with E-state index < -0.39 is 0 Å². The normalized spacial score (nSPS) is 15.6. The van der Waals surface area contributed by atoms with Gasteiger partial charge in [0.15, 0.2) is 0 Å². The van der Waals surface area contributed by atoms with Gasteiger partial charge in [0, 0.05) is 6.04 Å². The molecule has 4 heteroatoms. The van der Waals surface area contributed by atoms with Crippen LogP contribution >= 0.6 is 22.9 Å². The summed E-state index contributed by atoms with van der Waals surface area (Å²) in [5.74, 6) is 1.85. The average Bonchev–Trinajstić information content (AvgIpc) is 2.82. The first-order valence-electron chi connectivity index (χ1n) is 5.38. The Balaban J connectivity index is 1.74. The van der Waals surface area contributed by atoms with Crippen LogP contribution < -0.4 is 5.32 Å². The van der Waals surface area contributed by atoms with Crippen LogP contribution in [0.3, 0.4) is 0 Å². The van der Waals surface area contributed by atoms with E-state index in [0.717, 1.165) is 28.0 Å². The maximum atomic E-state index is 6.06. The molecule has 0 unspecified atom stereocenters. The van der Waals surface area contributed by atoms with E-state index in [-0.39, 0.29) is 0 Å². The Morgan fingerprint density at radius 1 is 1.38 bits per heavy atom. The number of hydrogen-bond acceptors (Lipinski definition) is 3. The van der Waals surface area contributed by atoms with Gasteiger partial charge in [0.1, 0.15) is 11.5 Å². The maximum absolute atomic E-state index is 6.06. The highest BCUT2D eigenvalue weighted by Crippen LogP contribution is 2.34. The van der Waals surface area contributed by atoms with Crippen LogP contribution in [0.25, 0.3) is 10.6 Å². The summed E-state index contributed by atoms with van der Waals surface area (Å²) in [6, 6.07) is 6.60. The highest BCUT2D eigenvalue weighted by atomic mass is 35.5. The molecular weight excluding hydrogens is 242 g/mol. The third kappa shape index (κ3) is 2.17. The fourth-order valence-electron chi connectivity index (χ4n) is 1.60. The molecule has 0 spiro atoms. The number of nitrogens with one attached hydrogen (secondary N) is 1. The maximum Gasteiger partial charge on any atom is 0.145 e. The Morgan fingerprint density at radius 2 is 2.25 bits per heavy atom. The van der Waals surface area contributed by atoms with Crippen LogP contribution in [0.5, 0.6) is 0 Å². The molecule has 1 saturated carbocycles. The molecular formula is C12H12ClNOS. The largest absolute Gasteiger partial charge is 0.459 e. The zero-order valence-corrected chi connectivity index (χ0v) is 10.3. The molecule has 2 aromatic rings. The van der Waals surface area contributed by atoms with E-state index in [1.807, 2.05) is 23.6 Å². The molecule has 3 rings (SSSR count). The third-order valence-corrected chi connectivity index (χ3v) is 4.00. The molecule has 1 aliphatic carbocycles. The zero-order valence-electron chi connectivity index (χ0n) is 8.70. The van der Waals surface area contributed by atoms with E-state index in [0.29, 0.717) is 6.04 Å². The summed E-state index contributed by atoms with van der Waals surface area (Å²) < 4.78 is 5.75. The van der Waals surface area contributed by atoms with Gasteiger partial charge in [-0.2, -0.15) is 0 Å². The molecule has 0 radical (unpaired) electrons. The molecule has 0 aromatic carbocycles. The molecule has 1 fully saturated rings. The molecule has 1 aliphatic rings. The monoisotopic (exact) mass is 253 g/mol. The summed E-state index contributed by atoms with van der Waals surface area (Å²) in [7, 11) is 0. The Bertz CT molecular complexity index is 487. The summed E-state index contributed by atoms with van der Waals surface area (Å²) in [6.07, 6.45) is 2.59. The predicted molar refractivity (Wildman–Crippen MR) is 66.9 cm³/mol. The lowest BCUT2D eigenvalue weighted by molar-refractivity contribution is 0.493. The van der Waals surface area contributed by atoms with Crippen molar-refractivity contribution in [3.8, 4) is 10.6 Å². The number of rotatable bonds is 4. The van der Waals surface area contributed by atoms with Crippen molar-refractivity contribution >= 4 is 22.9 Å². The van der Waals surface area contributed by atoms with E-state index >= 15 is 0 Å². The van der Waals surface area contributed by atoms with E-state index in [9.17, 15) is 0 Å². The number of thiophene rings is 1. The van der Waals surface area contributed by atoms with Gasteiger partial charge in [0.05, 0.1) is 16.4 Å². The van der Waals surface area contributed by atoms with Crippen molar-refractivity contribution in [2.24, 2.45) is 0 Å². The second-order valence-corrected chi connectivity index (χ2v) is 5.34. The molecule has 0 amide bonds. The first-order valence-corrected chi connectivity index (χ1v) is 6.64. The van der Waals surface area contributed by atoms with Gasteiger partial charge in [-0.25, -0.2) is 0 Å². The molecule has 2 aromatic heterocycles. The van der Waals surface area contributed by atoms with E-state index in [1.54, 1.807) is 11.3 Å². The Kier molecular flexibility index (Phi) is 2.75. The summed E-state index contributed by atoms with van der Waals surface area (Å²) in [5, 5.41) is 6.16. The topological polar surface area (TPSA) is 25.2 Å². The van der Waals surface area contributed by atoms with Crippen LogP contribution in [0.2, 0.25) is 5.02 Å². The summed E-state index contributed by atoms with van der Waals surface area (Å²) in [5.41, 5.74) is 0. The van der Waals surface area contributed by atoms with Crippen molar-refractivity contribution < 1.29 is 4.42 Å². The van der Waals surface area contributed by atoms with Gasteiger partial charge in [-0.05, 0) is 36.4 Å². The molecule has 0 atom stereocenters. The summed E-state index contributed by atoms with van der Waals surface area (Å²) in [6.45, 7) is 0.813. The highest BCUT2D eigenvalue weighted by molar-refractivity contribution is 7.14. The van der Waals surface area contributed by atoms with Crippen molar-refractivity contribution in [1.82, 2.24) is 5.32 Å². The van der Waals surface area contributed by atoms with Gasteiger partial charge in [-0.15, -0.1) is 11.3 Å². The molecule has 0 bridgehead atoms. The van der Waals surface area contributed by atoms with E-state index in [2.05, 4.69) is 5.32 Å². The lowest BCUT2D eigenvalue weighted by Crippen LogP contribution is -2.14. The van der Waals surface area contributed by atoms with E-state index in [1.165, 1.54) is 12.8 Å². The minimum atomic E-state index is 0.707. The predicted octanol–water partition coefficient (Wildman–Crippen LogP) is 3.91. The molecule has 1 N–H and O–H groups in total. The van der Waals surface area contributed by atoms with Gasteiger partial charge < -0.3 is 9.73 Å². The quantitative estimate of drug-likeness (QED) is 0.894. The van der Waals surface area contributed by atoms with Crippen LogP contribution in [0.15, 0.2) is 28.0 Å². The van der Waals surface area contributed by atoms with Crippen LogP contribution in [0, 0.1) is 0 Å². The fraction of sp³-hybridized carbons (Fsp3) is 0.333. The average molecular weight is 254 g/mol. The van der Waals surface area contributed by atoms with Gasteiger partial charge >= 0.3 is 0 Å².